The number of halogens is 1. The number of aromatic nitrogens is 3. The lowest BCUT2D eigenvalue weighted by atomic mass is 10.3. The van der Waals surface area contributed by atoms with Gasteiger partial charge in [0.25, 0.3) is 0 Å². The number of nitrogens with zero attached hydrogens (tertiary/aromatic N) is 3. The smallest absolute Gasteiger partial charge is 0.148 e. The van der Waals surface area contributed by atoms with E-state index in [2.05, 4.69) is 25.6 Å². The summed E-state index contributed by atoms with van der Waals surface area (Å²) in [7, 11) is 0. The van der Waals surface area contributed by atoms with E-state index in [9.17, 15) is 0 Å². The van der Waals surface area contributed by atoms with Gasteiger partial charge in [0.2, 0.25) is 0 Å². The normalized spacial score (nSPS) is 10.3. The van der Waals surface area contributed by atoms with E-state index in [0.717, 1.165) is 30.9 Å². The Morgan fingerprint density at radius 2 is 1.85 bits per heavy atom. The number of nitrogens with one attached hydrogen (secondary N) is 2. The predicted molar refractivity (Wildman–Crippen MR) is 82.3 cm³/mol. The fourth-order valence-electron chi connectivity index (χ4n) is 1.66. The molecule has 0 bridgehead atoms. The molecule has 0 aliphatic heterocycles. The molecule has 5 nitrogen and oxygen atoms in total. The zero-order chi connectivity index (χ0) is 14.4. The molecule has 0 aromatic carbocycles. The van der Waals surface area contributed by atoms with Crippen LogP contribution in [0, 0.1) is 13.8 Å². The fraction of sp³-hybridized carbons (Fsp3) is 0.357. The van der Waals surface area contributed by atoms with E-state index in [1.165, 1.54) is 0 Å². The van der Waals surface area contributed by atoms with Gasteiger partial charge in [0.15, 0.2) is 0 Å². The average molecular weight is 292 g/mol. The van der Waals surface area contributed by atoms with Crippen LogP contribution in [0.5, 0.6) is 0 Å². The van der Waals surface area contributed by atoms with E-state index in [1.54, 1.807) is 6.20 Å². The van der Waals surface area contributed by atoms with Crippen LogP contribution < -0.4 is 10.6 Å². The van der Waals surface area contributed by atoms with E-state index in [-0.39, 0.29) is 0 Å². The molecule has 0 radical (unpaired) electrons. The van der Waals surface area contributed by atoms with Crippen LogP contribution in [0.15, 0.2) is 24.5 Å². The highest BCUT2D eigenvalue weighted by Gasteiger charge is 2.02. The van der Waals surface area contributed by atoms with Gasteiger partial charge in [-0.2, -0.15) is 0 Å². The van der Waals surface area contributed by atoms with Crippen molar-refractivity contribution in [2.24, 2.45) is 0 Å². The van der Waals surface area contributed by atoms with Gasteiger partial charge in [-0.05, 0) is 31.9 Å². The van der Waals surface area contributed by atoms with Gasteiger partial charge in [-0.1, -0.05) is 17.7 Å². The molecular weight excluding hydrogens is 274 g/mol. The largest absolute Gasteiger partial charge is 0.370 e. The van der Waals surface area contributed by atoms with Crippen molar-refractivity contribution in [2.45, 2.75) is 20.3 Å². The Kier molecular flexibility index (Phi) is 5.12. The Labute approximate surface area is 123 Å². The molecule has 2 rings (SSSR count). The summed E-state index contributed by atoms with van der Waals surface area (Å²) in [5.74, 6) is 2.29. The lowest BCUT2D eigenvalue weighted by Gasteiger charge is -2.09. The summed E-state index contributed by atoms with van der Waals surface area (Å²) in [4.78, 5) is 12.6. The maximum atomic E-state index is 6.01. The predicted octanol–water partition coefficient (Wildman–Crippen LogP) is 3.06. The van der Waals surface area contributed by atoms with E-state index < -0.39 is 0 Å². The summed E-state index contributed by atoms with van der Waals surface area (Å²) in [6.45, 7) is 5.49. The first-order valence-corrected chi connectivity index (χ1v) is 6.92. The molecule has 0 aliphatic carbocycles. The third-order valence-corrected chi connectivity index (χ3v) is 3.00. The van der Waals surface area contributed by atoms with Crippen molar-refractivity contribution in [3.05, 3.63) is 40.9 Å². The number of rotatable bonds is 6. The Morgan fingerprint density at radius 1 is 1.05 bits per heavy atom. The number of pyridine rings is 1. The number of hydrogen-bond donors (Lipinski definition) is 2. The molecule has 0 aliphatic rings. The van der Waals surface area contributed by atoms with Crippen LogP contribution in [-0.2, 0) is 0 Å². The van der Waals surface area contributed by atoms with Crippen LogP contribution in [-0.4, -0.2) is 28.0 Å². The summed E-state index contributed by atoms with van der Waals surface area (Å²) in [5, 5.41) is 7.02. The van der Waals surface area contributed by atoms with E-state index >= 15 is 0 Å². The van der Waals surface area contributed by atoms with Gasteiger partial charge in [0.1, 0.15) is 22.5 Å². The monoisotopic (exact) mass is 291 g/mol. The third-order valence-electron chi connectivity index (χ3n) is 2.73. The Balaban J connectivity index is 1.71. The standard InChI is InChI=1S/C14H18ClN5/c1-10-4-5-13(19-8-10)16-6-3-7-17-14-12(15)9-18-11(2)20-14/h4-5,8-9H,3,6-7H2,1-2H3,(H,16,19)(H,17,18,20). The maximum Gasteiger partial charge on any atom is 0.148 e. The molecule has 0 spiro atoms. The van der Waals surface area contributed by atoms with Gasteiger partial charge in [0.05, 0.1) is 6.20 Å². The summed E-state index contributed by atoms with van der Waals surface area (Å²) < 4.78 is 0. The van der Waals surface area contributed by atoms with E-state index in [4.69, 9.17) is 11.6 Å². The van der Waals surface area contributed by atoms with E-state index in [0.29, 0.717) is 16.7 Å². The second-order valence-electron chi connectivity index (χ2n) is 4.54. The van der Waals surface area contributed by atoms with Crippen molar-refractivity contribution in [1.29, 1.82) is 0 Å². The Morgan fingerprint density at radius 3 is 2.60 bits per heavy atom. The molecule has 106 valence electrons. The van der Waals surface area contributed by atoms with Crippen LogP contribution in [0.3, 0.4) is 0 Å². The SMILES string of the molecule is Cc1ccc(NCCCNc2nc(C)ncc2Cl)nc1. The first-order chi connectivity index (χ1) is 9.65. The summed E-state index contributed by atoms with van der Waals surface area (Å²) in [5.41, 5.74) is 1.16. The molecule has 0 fully saturated rings. The fourth-order valence-corrected chi connectivity index (χ4v) is 1.82. The van der Waals surface area contributed by atoms with Crippen molar-refractivity contribution in [3.63, 3.8) is 0 Å². The number of aryl methyl sites for hydroxylation is 2. The zero-order valence-corrected chi connectivity index (χ0v) is 12.4. The van der Waals surface area contributed by atoms with Gasteiger partial charge in [-0.3, -0.25) is 0 Å². The molecule has 6 heteroatoms. The minimum absolute atomic E-state index is 0.545. The average Bonchev–Trinajstić information content (AvgIpc) is 2.44. The Bertz CT molecular complexity index is 556. The second kappa shape index (κ2) is 7.05. The van der Waals surface area contributed by atoms with Crippen molar-refractivity contribution in [3.8, 4) is 0 Å². The zero-order valence-electron chi connectivity index (χ0n) is 11.7. The van der Waals surface area contributed by atoms with Crippen molar-refractivity contribution in [2.75, 3.05) is 23.7 Å². The number of anilines is 2. The van der Waals surface area contributed by atoms with Crippen molar-refractivity contribution in [1.82, 2.24) is 15.0 Å². The van der Waals surface area contributed by atoms with Gasteiger partial charge in [-0.15, -0.1) is 0 Å². The van der Waals surface area contributed by atoms with Crippen molar-refractivity contribution < 1.29 is 0 Å². The molecule has 0 amide bonds. The van der Waals surface area contributed by atoms with Crippen LogP contribution in [0.2, 0.25) is 5.02 Å². The molecule has 0 unspecified atom stereocenters. The first-order valence-electron chi connectivity index (χ1n) is 6.54. The highest BCUT2D eigenvalue weighted by molar-refractivity contribution is 6.32. The second-order valence-corrected chi connectivity index (χ2v) is 4.95. The van der Waals surface area contributed by atoms with Gasteiger partial charge >= 0.3 is 0 Å². The highest BCUT2D eigenvalue weighted by atomic mass is 35.5. The van der Waals surface area contributed by atoms with E-state index in [1.807, 2.05) is 32.2 Å². The molecule has 2 aromatic heterocycles. The lowest BCUT2D eigenvalue weighted by Crippen LogP contribution is -2.11. The van der Waals surface area contributed by atoms with Crippen LogP contribution in [0.1, 0.15) is 17.8 Å². The molecule has 2 heterocycles. The summed E-state index contributed by atoms with van der Waals surface area (Å²) >= 11 is 6.01. The molecule has 0 saturated heterocycles. The first kappa shape index (κ1) is 14.5. The maximum absolute atomic E-state index is 6.01. The van der Waals surface area contributed by atoms with Crippen LogP contribution in [0.4, 0.5) is 11.6 Å². The highest BCUT2D eigenvalue weighted by Crippen LogP contribution is 2.17. The molecule has 20 heavy (non-hydrogen) atoms. The molecule has 0 saturated carbocycles. The van der Waals surface area contributed by atoms with Gasteiger partial charge in [0, 0.05) is 19.3 Å². The summed E-state index contributed by atoms with van der Waals surface area (Å²) in [6, 6.07) is 4.02. The van der Waals surface area contributed by atoms with Crippen molar-refractivity contribution >= 4 is 23.2 Å². The molecule has 0 atom stereocenters. The minimum atomic E-state index is 0.545. The number of hydrogen-bond acceptors (Lipinski definition) is 5. The molecule has 2 aromatic rings. The summed E-state index contributed by atoms with van der Waals surface area (Å²) in [6.07, 6.45) is 4.40. The van der Waals surface area contributed by atoms with Gasteiger partial charge < -0.3 is 10.6 Å². The van der Waals surface area contributed by atoms with Gasteiger partial charge in [-0.25, -0.2) is 15.0 Å². The topological polar surface area (TPSA) is 62.7 Å². The van der Waals surface area contributed by atoms with Crippen LogP contribution in [0.25, 0.3) is 0 Å². The minimum Gasteiger partial charge on any atom is -0.370 e. The quantitative estimate of drug-likeness (QED) is 0.801. The van der Waals surface area contributed by atoms with Crippen LogP contribution >= 0.6 is 11.6 Å². The molecular formula is C14H18ClN5. The Hall–Kier alpha value is -1.88. The molecule has 2 N–H and O–H groups in total. The lowest BCUT2D eigenvalue weighted by molar-refractivity contribution is 0.893. The third kappa shape index (κ3) is 4.35.